The Balaban J connectivity index is 2.24. The zero-order chi connectivity index (χ0) is 14.7. The van der Waals surface area contributed by atoms with Crippen molar-refractivity contribution in [3.05, 3.63) is 29.6 Å². The van der Waals surface area contributed by atoms with Crippen LogP contribution in [0.1, 0.15) is 36.0 Å². The van der Waals surface area contributed by atoms with Gasteiger partial charge in [0.05, 0.1) is 12.2 Å². The molecule has 1 fully saturated rings. The van der Waals surface area contributed by atoms with Gasteiger partial charge in [-0.2, -0.15) is 0 Å². The number of nitrogen functional groups attached to an aromatic ring is 1. The van der Waals surface area contributed by atoms with Gasteiger partial charge in [-0.15, -0.1) is 0 Å². The maximum absolute atomic E-state index is 13.2. The number of rotatable bonds is 4. The molecule has 0 saturated heterocycles. The van der Waals surface area contributed by atoms with Crippen LogP contribution in [0.4, 0.5) is 10.1 Å². The van der Waals surface area contributed by atoms with Crippen LogP contribution in [0, 0.1) is 5.82 Å². The Labute approximate surface area is 116 Å². The van der Waals surface area contributed by atoms with E-state index in [2.05, 4.69) is 0 Å². The van der Waals surface area contributed by atoms with Crippen LogP contribution in [0.2, 0.25) is 0 Å². The summed E-state index contributed by atoms with van der Waals surface area (Å²) < 4.78 is 13.2. The molecule has 2 amide bonds. The van der Waals surface area contributed by atoms with Gasteiger partial charge in [0.25, 0.3) is 5.91 Å². The average molecular weight is 279 g/mol. The number of carbonyl (C=O) groups is 2. The van der Waals surface area contributed by atoms with Gasteiger partial charge in [0.2, 0.25) is 5.91 Å². The second-order valence-corrected chi connectivity index (χ2v) is 5.07. The molecule has 6 heteroatoms. The Morgan fingerprint density at radius 3 is 2.50 bits per heavy atom. The third kappa shape index (κ3) is 3.07. The summed E-state index contributed by atoms with van der Waals surface area (Å²) >= 11 is 0. The molecule has 20 heavy (non-hydrogen) atoms. The van der Waals surface area contributed by atoms with Crippen molar-refractivity contribution in [3.8, 4) is 0 Å². The van der Waals surface area contributed by atoms with Gasteiger partial charge < -0.3 is 16.4 Å². The topological polar surface area (TPSA) is 89.4 Å². The normalized spacial score (nSPS) is 15.2. The highest BCUT2D eigenvalue weighted by molar-refractivity contribution is 5.97. The second kappa shape index (κ2) is 5.90. The molecule has 5 nitrogen and oxygen atoms in total. The van der Waals surface area contributed by atoms with Gasteiger partial charge in [0.1, 0.15) is 5.82 Å². The molecule has 0 atom stereocenters. The van der Waals surface area contributed by atoms with Crippen molar-refractivity contribution in [1.29, 1.82) is 0 Å². The minimum absolute atomic E-state index is 0.0151. The van der Waals surface area contributed by atoms with E-state index in [1.54, 1.807) is 0 Å². The molecular weight excluding hydrogens is 261 g/mol. The van der Waals surface area contributed by atoms with Crippen molar-refractivity contribution >= 4 is 17.5 Å². The minimum atomic E-state index is -0.566. The Morgan fingerprint density at radius 2 is 1.95 bits per heavy atom. The molecule has 2 rings (SSSR count). The van der Waals surface area contributed by atoms with Crippen molar-refractivity contribution in [2.24, 2.45) is 5.73 Å². The molecule has 0 bridgehead atoms. The summed E-state index contributed by atoms with van der Waals surface area (Å²) in [5.41, 5.74) is 10.9. The lowest BCUT2D eigenvalue weighted by atomic mass is 10.1. The van der Waals surface area contributed by atoms with E-state index in [1.807, 2.05) is 0 Å². The summed E-state index contributed by atoms with van der Waals surface area (Å²) in [5.74, 6) is -1.45. The van der Waals surface area contributed by atoms with E-state index in [0.717, 1.165) is 31.7 Å². The molecule has 0 aliphatic heterocycles. The molecule has 1 saturated carbocycles. The number of nitrogens with zero attached hydrogens (tertiary/aromatic N) is 1. The lowest BCUT2D eigenvalue weighted by Gasteiger charge is -2.28. The summed E-state index contributed by atoms with van der Waals surface area (Å²) in [7, 11) is 0. The fourth-order valence-corrected chi connectivity index (χ4v) is 2.59. The van der Waals surface area contributed by atoms with E-state index in [-0.39, 0.29) is 29.7 Å². The number of amides is 2. The molecule has 108 valence electrons. The fraction of sp³-hybridized carbons (Fsp3) is 0.429. The average Bonchev–Trinajstić information content (AvgIpc) is 2.92. The number of nitrogens with two attached hydrogens (primary N) is 2. The summed E-state index contributed by atoms with van der Waals surface area (Å²) in [5, 5.41) is 0. The number of anilines is 1. The van der Waals surface area contributed by atoms with Gasteiger partial charge in [-0.25, -0.2) is 4.39 Å². The Hall–Kier alpha value is -2.11. The largest absolute Gasteiger partial charge is 0.396 e. The van der Waals surface area contributed by atoms with E-state index < -0.39 is 11.7 Å². The van der Waals surface area contributed by atoms with Crippen LogP contribution in [0.25, 0.3) is 0 Å². The molecule has 1 aliphatic rings. The lowest BCUT2D eigenvalue weighted by molar-refractivity contribution is -0.119. The zero-order valence-electron chi connectivity index (χ0n) is 11.1. The van der Waals surface area contributed by atoms with Gasteiger partial charge in [-0.05, 0) is 31.0 Å². The van der Waals surface area contributed by atoms with Crippen molar-refractivity contribution < 1.29 is 14.0 Å². The standard InChI is InChI=1S/C14H18FN3O2/c15-11-6-5-9(7-12(11)16)14(20)18(8-13(17)19)10-3-1-2-4-10/h5-7,10H,1-4,8,16H2,(H2,17,19). The van der Waals surface area contributed by atoms with Gasteiger partial charge in [-0.3, -0.25) is 9.59 Å². The molecule has 0 heterocycles. The van der Waals surface area contributed by atoms with E-state index in [1.165, 1.54) is 17.0 Å². The molecule has 0 radical (unpaired) electrons. The van der Waals surface area contributed by atoms with Gasteiger partial charge in [-0.1, -0.05) is 12.8 Å². The van der Waals surface area contributed by atoms with Crippen LogP contribution in [0.3, 0.4) is 0 Å². The maximum Gasteiger partial charge on any atom is 0.254 e. The van der Waals surface area contributed by atoms with E-state index in [9.17, 15) is 14.0 Å². The van der Waals surface area contributed by atoms with Crippen molar-refractivity contribution in [1.82, 2.24) is 4.90 Å². The van der Waals surface area contributed by atoms with Crippen LogP contribution < -0.4 is 11.5 Å². The third-order valence-electron chi connectivity index (χ3n) is 3.60. The molecule has 4 N–H and O–H groups in total. The number of hydrogen-bond donors (Lipinski definition) is 2. The summed E-state index contributed by atoms with van der Waals surface area (Å²) in [4.78, 5) is 25.1. The van der Waals surface area contributed by atoms with Crippen LogP contribution in [0.5, 0.6) is 0 Å². The maximum atomic E-state index is 13.2. The molecule has 1 aromatic carbocycles. The van der Waals surface area contributed by atoms with Crippen molar-refractivity contribution in [2.45, 2.75) is 31.7 Å². The second-order valence-electron chi connectivity index (χ2n) is 5.07. The predicted octanol–water partition coefficient (Wildman–Crippen LogP) is 1.28. The first-order valence-electron chi connectivity index (χ1n) is 6.63. The summed E-state index contributed by atoms with van der Waals surface area (Å²) in [6.45, 7) is -0.124. The van der Waals surface area contributed by atoms with Gasteiger partial charge in [0.15, 0.2) is 0 Å². The molecule has 1 aliphatic carbocycles. The molecule has 1 aromatic rings. The molecule has 0 unspecified atom stereocenters. The number of carbonyl (C=O) groups excluding carboxylic acids is 2. The minimum Gasteiger partial charge on any atom is -0.396 e. The van der Waals surface area contributed by atoms with Gasteiger partial charge >= 0.3 is 0 Å². The van der Waals surface area contributed by atoms with E-state index in [0.29, 0.717) is 0 Å². The zero-order valence-corrected chi connectivity index (χ0v) is 11.1. The highest BCUT2D eigenvalue weighted by Crippen LogP contribution is 2.25. The highest BCUT2D eigenvalue weighted by atomic mass is 19.1. The van der Waals surface area contributed by atoms with Crippen molar-refractivity contribution in [2.75, 3.05) is 12.3 Å². The first kappa shape index (κ1) is 14.3. The van der Waals surface area contributed by atoms with E-state index in [4.69, 9.17) is 11.5 Å². The fourth-order valence-electron chi connectivity index (χ4n) is 2.59. The van der Waals surface area contributed by atoms with Crippen LogP contribution in [-0.4, -0.2) is 29.3 Å². The highest BCUT2D eigenvalue weighted by Gasteiger charge is 2.28. The van der Waals surface area contributed by atoms with Crippen LogP contribution in [0.15, 0.2) is 18.2 Å². The Morgan fingerprint density at radius 1 is 1.30 bits per heavy atom. The lowest BCUT2D eigenvalue weighted by Crippen LogP contribution is -2.44. The molecule has 0 aromatic heterocycles. The summed E-state index contributed by atoms with van der Waals surface area (Å²) in [6, 6.07) is 3.83. The van der Waals surface area contributed by atoms with Crippen LogP contribution >= 0.6 is 0 Å². The van der Waals surface area contributed by atoms with Crippen molar-refractivity contribution in [3.63, 3.8) is 0 Å². The monoisotopic (exact) mass is 279 g/mol. The third-order valence-corrected chi connectivity index (χ3v) is 3.60. The quantitative estimate of drug-likeness (QED) is 0.813. The number of hydrogen-bond acceptors (Lipinski definition) is 3. The first-order chi connectivity index (χ1) is 9.49. The first-order valence-corrected chi connectivity index (χ1v) is 6.63. The van der Waals surface area contributed by atoms with E-state index >= 15 is 0 Å². The number of primary amides is 1. The van der Waals surface area contributed by atoms with Gasteiger partial charge in [0, 0.05) is 11.6 Å². The smallest absolute Gasteiger partial charge is 0.254 e. The SMILES string of the molecule is NC(=O)CN(C(=O)c1ccc(F)c(N)c1)C1CCCC1. The predicted molar refractivity (Wildman–Crippen MR) is 73.3 cm³/mol. The number of benzene rings is 1. The summed E-state index contributed by atoms with van der Waals surface area (Å²) in [6.07, 6.45) is 3.77. The Bertz CT molecular complexity index is 527. The number of halogens is 1. The Kier molecular flexibility index (Phi) is 4.22. The molecular formula is C14H18FN3O2. The molecule has 0 spiro atoms. The van der Waals surface area contributed by atoms with Crippen LogP contribution in [-0.2, 0) is 4.79 Å².